The molecule has 42 heavy (non-hydrogen) atoms. The van der Waals surface area contributed by atoms with Gasteiger partial charge in [0.15, 0.2) is 23.0 Å². The average Bonchev–Trinajstić information content (AvgIpc) is 3.59. The van der Waals surface area contributed by atoms with Crippen molar-refractivity contribution in [3.63, 3.8) is 0 Å². The SMILES string of the molecule is CCOc1cc(C2/C(=C(/O)c3ccc4c(c3)OCCO4)C(=O)C(=O)N2CCCn2ccnc2)ccc1OCCC(C)C. The molecule has 10 nitrogen and oxygen atoms in total. The average molecular weight is 576 g/mol. The molecule has 1 atom stereocenters. The Hall–Kier alpha value is -4.47. The summed E-state index contributed by atoms with van der Waals surface area (Å²) < 4.78 is 25.2. The molecule has 1 N–H and O–H groups in total. The van der Waals surface area contributed by atoms with E-state index in [-0.39, 0.29) is 11.3 Å². The van der Waals surface area contributed by atoms with E-state index < -0.39 is 17.7 Å². The van der Waals surface area contributed by atoms with Crippen molar-refractivity contribution in [3.8, 4) is 23.0 Å². The summed E-state index contributed by atoms with van der Waals surface area (Å²) in [7, 11) is 0. The monoisotopic (exact) mass is 575 g/mol. The Labute approximate surface area is 245 Å². The highest BCUT2D eigenvalue weighted by Gasteiger charge is 2.46. The van der Waals surface area contributed by atoms with Gasteiger partial charge in [-0.3, -0.25) is 9.59 Å². The molecule has 1 unspecified atom stereocenters. The topological polar surface area (TPSA) is 112 Å². The Bertz CT molecular complexity index is 1450. The van der Waals surface area contributed by atoms with Gasteiger partial charge in [-0.2, -0.15) is 0 Å². The second kappa shape index (κ2) is 13.0. The fourth-order valence-corrected chi connectivity index (χ4v) is 5.13. The first kappa shape index (κ1) is 29.0. The van der Waals surface area contributed by atoms with E-state index in [1.165, 1.54) is 4.90 Å². The summed E-state index contributed by atoms with van der Waals surface area (Å²) in [5.74, 6) is 0.934. The number of benzene rings is 2. The van der Waals surface area contributed by atoms with Crippen LogP contribution in [0.4, 0.5) is 0 Å². The molecule has 1 fully saturated rings. The van der Waals surface area contributed by atoms with Gasteiger partial charge in [0, 0.05) is 31.0 Å². The lowest BCUT2D eigenvalue weighted by Crippen LogP contribution is -2.31. The van der Waals surface area contributed by atoms with E-state index in [2.05, 4.69) is 18.8 Å². The smallest absolute Gasteiger partial charge is 0.295 e. The number of aliphatic hydroxyl groups is 1. The molecule has 222 valence electrons. The third kappa shape index (κ3) is 6.22. The van der Waals surface area contributed by atoms with E-state index >= 15 is 0 Å². The third-order valence-electron chi connectivity index (χ3n) is 7.27. The summed E-state index contributed by atoms with van der Waals surface area (Å²) in [5.41, 5.74) is 1.00. The van der Waals surface area contributed by atoms with Crippen LogP contribution in [0.2, 0.25) is 0 Å². The fourth-order valence-electron chi connectivity index (χ4n) is 5.13. The first-order valence-electron chi connectivity index (χ1n) is 14.4. The molecule has 0 bridgehead atoms. The summed E-state index contributed by atoms with van der Waals surface area (Å²) in [6.07, 6.45) is 6.72. The van der Waals surface area contributed by atoms with E-state index in [1.54, 1.807) is 42.9 Å². The van der Waals surface area contributed by atoms with Crippen LogP contribution in [-0.4, -0.2) is 64.2 Å². The summed E-state index contributed by atoms with van der Waals surface area (Å²) >= 11 is 0. The maximum absolute atomic E-state index is 13.5. The highest BCUT2D eigenvalue weighted by atomic mass is 16.6. The molecule has 1 aromatic heterocycles. The third-order valence-corrected chi connectivity index (χ3v) is 7.27. The standard InChI is InChI=1S/C32H37N3O7/c1-4-39-26-18-22(6-8-24(26)40-15-10-21(2)3)29-28(30(36)23-7-9-25-27(19-23)42-17-16-41-25)31(37)32(38)35(29)13-5-12-34-14-11-33-20-34/h6-9,11,14,18-21,29,36H,4-5,10,12-13,15-17H2,1-3H3/b30-28-. The minimum absolute atomic E-state index is 0.00948. The molecular weight excluding hydrogens is 538 g/mol. The minimum atomic E-state index is -0.829. The quantitative estimate of drug-likeness (QED) is 0.183. The van der Waals surface area contributed by atoms with Crippen LogP contribution in [0.15, 0.2) is 60.7 Å². The molecule has 2 aliphatic heterocycles. The summed E-state index contributed by atoms with van der Waals surface area (Å²) in [5, 5.41) is 11.5. The zero-order valence-electron chi connectivity index (χ0n) is 24.2. The first-order valence-corrected chi connectivity index (χ1v) is 14.4. The normalized spacial score (nSPS) is 17.6. The highest BCUT2D eigenvalue weighted by molar-refractivity contribution is 6.46. The molecule has 0 aliphatic carbocycles. The summed E-state index contributed by atoms with van der Waals surface area (Å²) in [6, 6.07) is 9.57. The number of carbonyl (C=O) groups excluding carboxylic acids is 2. The number of ketones is 1. The van der Waals surface area contributed by atoms with Crippen molar-refractivity contribution in [2.75, 3.05) is 33.0 Å². The second-order valence-electron chi connectivity index (χ2n) is 10.7. The van der Waals surface area contributed by atoms with Gasteiger partial charge in [0.1, 0.15) is 19.0 Å². The fraction of sp³-hybridized carbons (Fsp3) is 0.406. The molecular formula is C32H37N3O7. The van der Waals surface area contributed by atoms with Crippen LogP contribution in [0.25, 0.3) is 5.76 Å². The number of carbonyl (C=O) groups is 2. The van der Waals surface area contributed by atoms with Gasteiger partial charge in [-0.15, -0.1) is 0 Å². The molecule has 3 heterocycles. The predicted molar refractivity (Wildman–Crippen MR) is 156 cm³/mol. The largest absolute Gasteiger partial charge is 0.507 e. The van der Waals surface area contributed by atoms with Crippen LogP contribution in [0.3, 0.4) is 0 Å². The zero-order valence-corrected chi connectivity index (χ0v) is 24.2. The number of rotatable bonds is 12. The van der Waals surface area contributed by atoms with E-state index in [0.717, 1.165) is 6.42 Å². The lowest BCUT2D eigenvalue weighted by molar-refractivity contribution is -0.139. The molecule has 1 saturated heterocycles. The highest BCUT2D eigenvalue weighted by Crippen LogP contribution is 2.43. The van der Waals surface area contributed by atoms with Gasteiger partial charge >= 0.3 is 0 Å². The maximum Gasteiger partial charge on any atom is 0.295 e. The van der Waals surface area contributed by atoms with Crippen LogP contribution in [0.1, 0.15) is 50.8 Å². The lowest BCUT2D eigenvalue weighted by Gasteiger charge is -2.26. The number of fused-ring (bicyclic) bond motifs is 1. The molecule has 1 amide bonds. The summed E-state index contributed by atoms with van der Waals surface area (Å²) in [4.78, 5) is 32.6. The molecule has 5 rings (SSSR count). The van der Waals surface area contributed by atoms with Gasteiger partial charge in [0.05, 0.1) is 31.2 Å². The molecule has 2 aromatic carbocycles. The Balaban J connectivity index is 1.53. The van der Waals surface area contributed by atoms with Crippen LogP contribution in [0.5, 0.6) is 23.0 Å². The molecule has 0 radical (unpaired) electrons. The van der Waals surface area contributed by atoms with Crippen LogP contribution < -0.4 is 18.9 Å². The van der Waals surface area contributed by atoms with Gasteiger partial charge < -0.3 is 33.5 Å². The number of nitrogens with zero attached hydrogens (tertiary/aromatic N) is 3. The van der Waals surface area contributed by atoms with E-state index in [4.69, 9.17) is 18.9 Å². The summed E-state index contributed by atoms with van der Waals surface area (Å²) in [6.45, 7) is 8.81. The Morgan fingerprint density at radius 3 is 2.60 bits per heavy atom. The maximum atomic E-state index is 13.5. The van der Waals surface area contributed by atoms with E-state index in [1.807, 2.05) is 23.8 Å². The second-order valence-corrected chi connectivity index (χ2v) is 10.7. The number of hydrogen-bond donors (Lipinski definition) is 1. The first-order chi connectivity index (χ1) is 20.4. The molecule has 0 spiro atoms. The Morgan fingerprint density at radius 1 is 1.05 bits per heavy atom. The van der Waals surface area contributed by atoms with Crippen molar-refractivity contribution < 1.29 is 33.6 Å². The number of amides is 1. The van der Waals surface area contributed by atoms with Gasteiger partial charge in [0.25, 0.3) is 11.7 Å². The number of aryl methyl sites for hydroxylation is 1. The van der Waals surface area contributed by atoms with Crippen molar-refractivity contribution in [2.45, 2.75) is 46.2 Å². The molecule has 3 aromatic rings. The predicted octanol–water partition coefficient (Wildman–Crippen LogP) is 4.99. The Morgan fingerprint density at radius 2 is 1.86 bits per heavy atom. The number of aliphatic hydroxyl groups excluding tert-OH is 1. The molecule has 0 saturated carbocycles. The number of ether oxygens (including phenoxy) is 4. The van der Waals surface area contributed by atoms with Crippen molar-refractivity contribution in [3.05, 3.63) is 71.8 Å². The number of aromatic nitrogens is 2. The lowest BCUT2D eigenvalue weighted by atomic mass is 9.94. The Kier molecular flexibility index (Phi) is 9.00. The zero-order chi connectivity index (χ0) is 29.6. The van der Waals surface area contributed by atoms with Gasteiger partial charge in [-0.05, 0) is 61.6 Å². The van der Waals surface area contributed by atoms with Crippen LogP contribution >= 0.6 is 0 Å². The van der Waals surface area contributed by atoms with Gasteiger partial charge in [-0.25, -0.2) is 4.98 Å². The van der Waals surface area contributed by atoms with Crippen molar-refractivity contribution in [1.82, 2.24) is 14.5 Å². The van der Waals surface area contributed by atoms with Crippen molar-refractivity contribution in [1.29, 1.82) is 0 Å². The number of Topliss-reactive ketones (excluding diaryl/α,β-unsaturated/α-hetero) is 1. The van der Waals surface area contributed by atoms with Crippen LogP contribution in [-0.2, 0) is 16.1 Å². The molecule has 2 aliphatic rings. The van der Waals surface area contributed by atoms with E-state index in [9.17, 15) is 14.7 Å². The van der Waals surface area contributed by atoms with Gasteiger partial charge in [0.2, 0.25) is 0 Å². The van der Waals surface area contributed by atoms with Gasteiger partial charge in [-0.1, -0.05) is 19.9 Å². The number of hydrogen-bond acceptors (Lipinski definition) is 8. The number of likely N-dealkylation sites (tertiary alicyclic amines) is 1. The van der Waals surface area contributed by atoms with Crippen molar-refractivity contribution in [2.24, 2.45) is 5.92 Å². The number of imidazole rings is 1. The van der Waals surface area contributed by atoms with Crippen LogP contribution in [0, 0.1) is 5.92 Å². The molecule has 10 heteroatoms. The minimum Gasteiger partial charge on any atom is -0.507 e. The van der Waals surface area contributed by atoms with E-state index in [0.29, 0.717) is 86.0 Å². The van der Waals surface area contributed by atoms with Crippen molar-refractivity contribution >= 4 is 17.4 Å².